The van der Waals surface area contributed by atoms with Gasteiger partial charge in [0.15, 0.2) is 6.61 Å². The van der Waals surface area contributed by atoms with Crippen LogP contribution >= 0.6 is 0 Å². The van der Waals surface area contributed by atoms with E-state index in [1.54, 1.807) is 0 Å². The minimum absolute atomic E-state index is 0.000566. The number of rotatable bonds is 3. The number of likely N-dealkylation sites (tertiary alicyclic amines) is 1. The van der Waals surface area contributed by atoms with Gasteiger partial charge in [-0.05, 0) is 44.0 Å². The Morgan fingerprint density at radius 1 is 1.43 bits per heavy atom. The molecule has 0 N–H and O–H groups in total. The molecule has 2 aliphatic rings. The number of ether oxygens (including phenoxy) is 2. The summed E-state index contributed by atoms with van der Waals surface area (Å²) < 4.78 is 24.0. The maximum Gasteiger partial charge on any atom is 0.260 e. The summed E-state index contributed by atoms with van der Waals surface area (Å²) in [6, 6.07) is 5.70. The number of hydrogen-bond donors (Lipinski definition) is 0. The van der Waals surface area contributed by atoms with E-state index in [-0.39, 0.29) is 18.3 Å². The summed E-state index contributed by atoms with van der Waals surface area (Å²) in [5.41, 5.74) is 0. The average molecular weight is 293 g/mol. The van der Waals surface area contributed by atoms with Crippen LogP contribution in [0.4, 0.5) is 4.39 Å². The Bertz CT molecular complexity index is 505. The number of benzene rings is 1. The molecule has 4 nitrogen and oxygen atoms in total. The molecule has 0 bridgehead atoms. The highest BCUT2D eigenvalue weighted by Gasteiger charge is 2.38. The van der Waals surface area contributed by atoms with Gasteiger partial charge in [-0.1, -0.05) is 0 Å². The lowest BCUT2D eigenvalue weighted by molar-refractivity contribution is -0.136. The fourth-order valence-corrected chi connectivity index (χ4v) is 3.19. The summed E-state index contributed by atoms with van der Waals surface area (Å²) in [7, 11) is 0. The molecule has 0 aliphatic carbocycles. The Labute approximate surface area is 123 Å². The van der Waals surface area contributed by atoms with Gasteiger partial charge in [0.05, 0.1) is 12.2 Å². The Hall–Kier alpha value is -1.62. The summed E-state index contributed by atoms with van der Waals surface area (Å²) in [5.74, 6) is 0.629. The van der Waals surface area contributed by atoms with E-state index in [9.17, 15) is 9.18 Å². The number of carbonyl (C=O) groups excluding carboxylic acids is 1. The second-order valence-electron chi connectivity index (χ2n) is 5.85. The van der Waals surface area contributed by atoms with E-state index in [0.717, 1.165) is 25.9 Å². The summed E-state index contributed by atoms with van der Waals surface area (Å²) in [6.07, 6.45) is 2.53. The van der Waals surface area contributed by atoms with Gasteiger partial charge in [-0.3, -0.25) is 4.79 Å². The molecule has 3 atom stereocenters. The number of amides is 1. The highest BCUT2D eigenvalue weighted by Crippen LogP contribution is 2.32. The van der Waals surface area contributed by atoms with E-state index in [4.69, 9.17) is 9.47 Å². The van der Waals surface area contributed by atoms with Crippen LogP contribution in [-0.2, 0) is 9.53 Å². The fourth-order valence-electron chi connectivity index (χ4n) is 3.19. The van der Waals surface area contributed by atoms with Crippen molar-refractivity contribution in [3.8, 4) is 5.75 Å². The lowest BCUT2D eigenvalue weighted by Gasteiger charge is -2.34. The van der Waals surface area contributed by atoms with Gasteiger partial charge < -0.3 is 14.4 Å². The predicted octanol–water partition coefficient (Wildman–Crippen LogP) is 2.23. The number of piperidine rings is 1. The molecular weight excluding hydrogens is 273 g/mol. The van der Waals surface area contributed by atoms with Gasteiger partial charge in [-0.2, -0.15) is 0 Å². The number of fused-ring (bicyclic) bond motifs is 1. The zero-order valence-corrected chi connectivity index (χ0v) is 12.1. The van der Waals surface area contributed by atoms with Gasteiger partial charge >= 0.3 is 0 Å². The van der Waals surface area contributed by atoms with Gasteiger partial charge in [0.25, 0.3) is 5.91 Å². The molecule has 1 aromatic rings. The normalized spacial score (nSPS) is 28.3. The topological polar surface area (TPSA) is 38.8 Å². The molecule has 0 radical (unpaired) electrons. The first-order chi connectivity index (χ1) is 10.1. The van der Waals surface area contributed by atoms with Crippen LogP contribution in [-0.4, -0.2) is 42.7 Å². The van der Waals surface area contributed by atoms with Gasteiger partial charge in [0.1, 0.15) is 11.6 Å². The molecule has 0 spiro atoms. The van der Waals surface area contributed by atoms with Crippen molar-refractivity contribution in [2.75, 3.05) is 19.7 Å². The van der Waals surface area contributed by atoms with Crippen molar-refractivity contribution in [3.05, 3.63) is 30.1 Å². The van der Waals surface area contributed by atoms with E-state index in [1.807, 2.05) is 4.90 Å². The van der Waals surface area contributed by atoms with Crippen LogP contribution in [0.25, 0.3) is 0 Å². The van der Waals surface area contributed by atoms with Gasteiger partial charge in [-0.15, -0.1) is 0 Å². The maximum absolute atomic E-state index is 12.8. The standard InChI is InChI=1S/C16H20FNO3/c1-11-8-12-9-18(7-6-15(12)21-11)16(19)10-20-14-4-2-13(17)3-5-14/h2-5,11-12,15H,6-10H2,1H3/t11-,12-,15+/m0/s1. The van der Waals surface area contributed by atoms with Crippen LogP contribution in [0.5, 0.6) is 5.75 Å². The van der Waals surface area contributed by atoms with Crippen LogP contribution in [0, 0.1) is 11.7 Å². The van der Waals surface area contributed by atoms with E-state index < -0.39 is 0 Å². The summed E-state index contributed by atoms with van der Waals surface area (Å²) in [5, 5.41) is 0. The first-order valence-corrected chi connectivity index (χ1v) is 7.43. The van der Waals surface area contributed by atoms with Gasteiger partial charge in [-0.25, -0.2) is 4.39 Å². The quantitative estimate of drug-likeness (QED) is 0.858. The van der Waals surface area contributed by atoms with E-state index in [0.29, 0.717) is 23.9 Å². The molecular formula is C16H20FNO3. The summed E-state index contributed by atoms with van der Waals surface area (Å²) in [6.45, 7) is 3.56. The number of carbonyl (C=O) groups is 1. The molecule has 1 amide bonds. The molecule has 0 unspecified atom stereocenters. The zero-order chi connectivity index (χ0) is 14.8. The fraction of sp³-hybridized carbons (Fsp3) is 0.562. The summed E-state index contributed by atoms with van der Waals surface area (Å²) in [4.78, 5) is 14.0. The van der Waals surface area contributed by atoms with Crippen molar-refractivity contribution in [3.63, 3.8) is 0 Å². The van der Waals surface area contributed by atoms with Crippen LogP contribution in [0.3, 0.4) is 0 Å². The van der Waals surface area contributed by atoms with Crippen LogP contribution < -0.4 is 4.74 Å². The first-order valence-electron chi connectivity index (χ1n) is 7.43. The summed E-state index contributed by atoms with van der Waals surface area (Å²) >= 11 is 0. The molecule has 3 rings (SSSR count). The molecule has 2 heterocycles. The maximum atomic E-state index is 12.8. The number of hydrogen-bond acceptors (Lipinski definition) is 3. The lowest BCUT2D eigenvalue weighted by atomic mass is 9.93. The highest BCUT2D eigenvalue weighted by atomic mass is 19.1. The van der Waals surface area contributed by atoms with Crippen LogP contribution in [0.15, 0.2) is 24.3 Å². The lowest BCUT2D eigenvalue weighted by Crippen LogP contribution is -2.46. The smallest absolute Gasteiger partial charge is 0.260 e. The van der Waals surface area contributed by atoms with Crippen LogP contribution in [0.1, 0.15) is 19.8 Å². The van der Waals surface area contributed by atoms with Crippen molar-refractivity contribution >= 4 is 5.91 Å². The SMILES string of the molecule is C[C@H]1C[C@H]2CN(C(=O)COc3ccc(F)cc3)CC[C@H]2O1. The third-order valence-electron chi connectivity index (χ3n) is 4.23. The molecule has 2 aliphatic heterocycles. The van der Waals surface area contributed by atoms with E-state index in [1.165, 1.54) is 24.3 Å². The monoisotopic (exact) mass is 293 g/mol. The minimum Gasteiger partial charge on any atom is -0.484 e. The molecule has 21 heavy (non-hydrogen) atoms. The largest absolute Gasteiger partial charge is 0.484 e. The molecule has 2 fully saturated rings. The Morgan fingerprint density at radius 3 is 2.95 bits per heavy atom. The van der Waals surface area contributed by atoms with Crippen molar-refractivity contribution in [2.45, 2.75) is 32.0 Å². The zero-order valence-electron chi connectivity index (χ0n) is 12.1. The van der Waals surface area contributed by atoms with Gasteiger partial charge in [0.2, 0.25) is 0 Å². The van der Waals surface area contributed by atoms with E-state index >= 15 is 0 Å². The highest BCUT2D eigenvalue weighted by molar-refractivity contribution is 5.77. The van der Waals surface area contributed by atoms with Gasteiger partial charge in [0, 0.05) is 19.0 Å². The first kappa shape index (κ1) is 14.3. The van der Waals surface area contributed by atoms with Crippen LogP contribution in [0.2, 0.25) is 0 Å². The Morgan fingerprint density at radius 2 is 2.19 bits per heavy atom. The van der Waals surface area contributed by atoms with Crippen molar-refractivity contribution in [1.82, 2.24) is 4.90 Å². The molecule has 1 aromatic carbocycles. The average Bonchev–Trinajstić information content (AvgIpc) is 2.85. The second kappa shape index (κ2) is 6.02. The number of halogens is 1. The number of nitrogens with zero attached hydrogens (tertiary/aromatic N) is 1. The Kier molecular flexibility index (Phi) is 4.10. The predicted molar refractivity (Wildman–Crippen MR) is 75.5 cm³/mol. The van der Waals surface area contributed by atoms with Crippen molar-refractivity contribution < 1.29 is 18.7 Å². The second-order valence-corrected chi connectivity index (χ2v) is 5.85. The molecule has 5 heteroatoms. The molecule has 0 aromatic heterocycles. The third-order valence-corrected chi connectivity index (χ3v) is 4.23. The van der Waals surface area contributed by atoms with Crippen molar-refractivity contribution in [1.29, 1.82) is 0 Å². The van der Waals surface area contributed by atoms with E-state index in [2.05, 4.69) is 6.92 Å². The Balaban J connectivity index is 1.50. The van der Waals surface area contributed by atoms with Crippen molar-refractivity contribution in [2.24, 2.45) is 5.92 Å². The minimum atomic E-state index is -0.314. The third kappa shape index (κ3) is 3.35. The molecule has 114 valence electrons. The molecule has 0 saturated carbocycles. The molecule has 2 saturated heterocycles.